The summed E-state index contributed by atoms with van der Waals surface area (Å²) in [4.78, 5) is 0.774. The van der Waals surface area contributed by atoms with E-state index in [1.807, 2.05) is 30.3 Å². The van der Waals surface area contributed by atoms with Gasteiger partial charge in [-0.15, -0.1) is 10.2 Å². The van der Waals surface area contributed by atoms with Gasteiger partial charge in [0.1, 0.15) is 12.4 Å². The van der Waals surface area contributed by atoms with Crippen molar-refractivity contribution in [3.8, 4) is 5.75 Å². The molecule has 0 aliphatic carbocycles. The molecule has 0 aliphatic heterocycles. The van der Waals surface area contributed by atoms with Gasteiger partial charge in [-0.3, -0.25) is 0 Å². The van der Waals surface area contributed by atoms with Crippen LogP contribution in [0.5, 0.6) is 5.75 Å². The average Bonchev–Trinajstić information content (AvgIpc) is 3.17. The molecule has 0 amide bonds. The zero-order valence-electron chi connectivity index (χ0n) is 12.6. The van der Waals surface area contributed by atoms with Crippen LogP contribution in [0.3, 0.4) is 0 Å². The van der Waals surface area contributed by atoms with Crippen molar-refractivity contribution in [2.75, 3.05) is 0 Å². The van der Waals surface area contributed by atoms with E-state index in [2.05, 4.69) is 27.4 Å². The Labute approximate surface area is 147 Å². The van der Waals surface area contributed by atoms with E-state index in [0.717, 1.165) is 21.5 Å². The number of ether oxygens (including phenoxy) is 1. The molecule has 2 aromatic carbocycles. The van der Waals surface area contributed by atoms with Crippen molar-refractivity contribution in [3.05, 3.63) is 76.0 Å². The number of rotatable bonds is 5. The van der Waals surface area contributed by atoms with Crippen LogP contribution in [0.25, 0.3) is 4.96 Å². The Balaban J connectivity index is 1.50. The number of benzene rings is 2. The van der Waals surface area contributed by atoms with Crippen LogP contribution in [-0.2, 0) is 13.0 Å². The third kappa shape index (κ3) is 3.25. The van der Waals surface area contributed by atoms with E-state index in [0.29, 0.717) is 18.1 Å². The molecule has 0 radical (unpaired) electrons. The average molecular weight is 357 g/mol. The maximum Gasteiger partial charge on any atom is 0.234 e. The summed E-state index contributed by atoms with van der Waals surface area (Å²) in [5.41, 5.74) is 1.18. The first kappa shape index (κ1) is 15.1. The second-order valence-electron chi connectivity index (χ2n) is 5.21. The molecule has 0 saturated heterocycles. The lowest BCUT2D eigenvalue weighted by Gasteiger charge is -2.03. The van der Waals surface area contributed by atoms with Gasteiger partial charge in [-0.2, -0.15) is 9.61 Å². The minimum atomic E-state index is 0.389. The van der Waals surface area contributed by atoms with Crippen LogP contribution in [-0.4, -0.2) is 19.8 Å². The fourth-order valence-corrected chi connectivity index (χ4v) is 3.21. The Morgan fingerprint density at radius 1 is 1.00 bits per heavy atom. The summed E-state index contributed by atoms with van der Waals surface area (Å²) in [6.45, 7) is 0.389. The summed E-state index contributed by atoms with van der Waals surface area (Å²) in [7, 11) is 0. The summed E-state index contributed by atoms with van der Waals surface area (Å²) in [5, 5.41) is 14.5. The number of hydrogen-bond acceptors (Lipinski definition) is 5. The van der Waals surface area contributed by atoms with Crippen LogP contribution in [0, 0.1) is 0 Å². The van der Waals surface area contributed by atoms with Crippen LogP contribution in [0.15, 0.2) is 54.6 Å². The first-order valence-corrected chi connectivity index (χ1v) is 8.60. The molecule has 4 aromatic rings. The highest BCUT2D eigenvalue weighted by atomic mass is 35.5. The van der Waals surface area contributed by atoms with Crippen molar-refractivity contribution >= 4 is 27.9 Å². The van der Waals surface area contributed by atoms with E-state index in [1.165, 1.54) is 16.9 Å². The van der Waals surface area contributed by atoms with Crippen molar-refractivity contribution < 1.29 is 4.74 Å². The molecule has 0 aliphatic rings. The van der Waals surface area contributed by atoms with Crippen LogP contribution < -0.4 is 4.74 Å². The van der Waals surface area contributed by atoms with Gasteiger partial charge in [0.05, 0.1) is 0 Å². The van der Waals surface area contributed by atoms with Gasteiger partial charge in [0.25, 0.3) is 0 Å². The van der Waals surface area contributed by atoms with E-state index in [1.54, 1.807) is 16.6 Å². The summed E-state index contributed by atoms with van der Waals surface area (Å²) in [6.07, 6.45) is 0.698. The van der Waals surface area contributed by atoms with Crippen LogP contribution in [0.1, 0.15) is 16.4 Å². The maximum absolute atomic E-state index is 5.87. The predicted molar refractivity (Wildman–Crippen MR) is 93.7 cm³/mol. The number of nitrogens with zero attached hydrogens (tertiary/aromatic N) is 4. The molecule has 2 heterocycles. The van der Waals surface area contributed by atoms with Gasteiger partial charge in [-0.1, -0.05) is 53.3 Å². The normalized spacial score (nSPS) is 11.0. The van der Waals surface area contributed by atoms with Crippen molar-refractivity contribution in [1.82, 2.24) is 19.8 Å². The Morgan fingerprint density at radius 2 is 1.79 bits per heavy atom. The molecule has 0 bridgehead atoms. The Kier molecular flexibility index (Phi) is 4.15. The molecule has 0 N–H and O–H groups in total. The van der Waals surface area contributed by atoms with Crippen molar-refractivity contribution in [2.24, 2.45) is 0 Å². The monoisotopic (exact) mass is 356 g/mol. The third-order valence-electron chi connectivity index (χ3n) is 3.48. The fourth-order valence-electron chi connectivity index (χ4n) is 2.32. The van der Waals surface area contributed by atoms with Gasteiger partial charge in [0, 0.05) is 11.4 Å². The van der Waals surface area contributed by atoms with Gasteiger partial charge in [0.2, 0.25) is 4.96 Å². The Hall–Kier alpha value is -2.44. The SMILES string of the molecule is Clc1ccc(OCc2nn3c(Cc4ccccc4)nnc3s2)cc1. The molecule has 0 fully saturated rings. The molecule has 2 aromatic heterocycles. The molecule has 0 spiro atoms. The summed E-state index contributed by atoms with van der Waals surface area (Å²) < 4.78 is 7.52. The Morgan fingerprint density at radius 3 is 2.58 bits per heavy atom. The van der Waals surface area contributed by atoms with E-state index >= 15 is 0 Å². The first-order chi connectivity index (χ1) is 11.8. The number of fused-ring (bicyclic) bond motifs is 1. The number of hydrogen-bond donors (Lipinski definition) is 0. The van der Waals surface area contributed by atoms with Gasteiger partial charge in [-0.25, -0.2) is 0 Å². The highest BCUT2D eigenvalue weighted by molar-refractivity contribution is 7.16. The minimum Gasteiger partial charge on any atom is -0.486 e. The molecule has 120 valence electrons. The van der Waals surface area contributed by atoms with Crippen LogP contribution in [0.2, 0.25) is 5.02 Å². The fraction of sp³-hybridized carbons (Fsp3) is 0.118. The lowest BCUT2D eigenvalue weighted by molar-refractivity contribution is 0.304. The van der Waals surface area contributed by atoms with Crippen LogP contribution in [0.4, 0.5) is 0 Å². The largest absolute Gasteiger partial charge is 0.486 e. The zero-order chi connectivity index (χ0) is 16.4. The molecule has 0 saturated carbocycles. The zero-order valence-corrected chi connectivity index (χ0v) is 14.2. The molecular weight excluding hydrogens is 344 g/mol. The lowest BCUT2D eigenvalue weighted by atomic mass is 10.1. The van der Waals surface area contributed by atoms with Gasteiger partial charge < -0.3 is 4.74 Å². The smallest absolute Gasteiger partial charge is 0.234 e. The molecule has 5 nitrogen and oxygen atoms in total. The molecular formula is C17H13ClN4OS. The van der Waals surface area contributed by atoms with E-state index in [-0.39, 0.29) is 0 Å². The summed E-state index contributed by atoms with van der Waals surface area (Å²) in [5.74, 6) is 1.58. The van der Waals surface area contributed by atoms with Crippen LogP contribution >= 0.6 is 22.9 Å². The minimum absolute atomic E-state index is 0.389. The van der Waals surface area contributed by atoms with Crippen molar-refractivity contribution in [2.45, 2.75) is 13.0 Å². The second-order valence-corrected chi connectivity index (χ2v) is 6.69. The second kappa shape index (κ2) is 6.59. The molecule has 24 heavy (non-hydrogen) atoms. The summed E-state index contributed by atoms with van der Waals surface area (Å²) in [6, 6.07) is 17.4. The molecule has 0 unspecified atom stereocenters. The first-order valence-electron chi connectivity index (χ1n) is 7.40. The summed E-state index contributed by atoms with van der Waals surface area (Å²) >= 11 is 7.35. The standard InChI is InChI=1S/C17H13ClN4OS/c18-13-6-8-14(9-7-13)23-11-16-21-22-15(19-20-17(22)24-16)10-12-4-2-1-3-5-12/h1-9H,10-11H2. The molecule has 4 rings (SSSR count). The van der Waals surface area contributed by atoms with E-state index in [9.17, 15) is 0 Å². The van der Waals surface area contributed by atoms with Gasteiger partial charge in [-0.05, 0) is 29.8 Å². The van der Waals surface area contributed by atoms with E-state index < -0.39 is 0 Å². The van der Waals surface area contributed by atoms with Gasteiger partial charge >= 0.3 is 0 Å². The number of halogens is 1. The number of aromatic nitrogens is 4. The highest BCUT2D eigenvalue weighted by Gasteiger charge is 2.12. The molecule has 7 heteroatoms. The van der Waals surface area contributed by atoms with Gasteiger partial charge in [0.15, 0.2) is 10.8 Å². The topological polar surface area (TPSA) is 52.3 Å². The quantitative estimate of drug-likeness (QED) is 0.542. The highest BCUT2D eigenvalue weighted by Crippen LogP contribution is 2.20. The Bertz CT molecular complexity index is 950. The maximum atomic E-state index is 5.87. The predicted octanol–water partition coefficient (Wildman–Crippen LogP) is 4.01. The van der Waals surface area contributed by atoms with Crippen molar-refractivity contribution in [3.63, 3.8) is 0 Å². The third-order valence-corrected chi connectivity index (χ3v) is 4.60. The molecule has 0 atom stereocenters. The lowest BCUT2D eigenvalue weighted by Crippen LogP contribution is -2.00. The van der Waals surface area contributed by atoms with Crippen molar-refractivity contribution in [1.29, 1.82) is 0 Å². The van der Waals surface area contributed by atoms with E-state index in [4.69, 9.17) is 16.3 Å².